The van der Waals surface area contributed by atoms with Gasteiger partial charge in [-0.1, -0.05) is 18.2 Å². The molecule has 1 aliphatic rings. The first-order chi connectivity index (χ1) is 10.5. The number of hydrogen-bond donors (Lipinski definition) is 0. The van der Waals surface area contributed by atoms with E-state index in [0.717, 1.165) is 25.2 Å². The van der Waals surface area contributed by atoms with E-state index in [9.17, 15) is 0 Å². The molecule has 0 unspecified atom stereocenters. The third-order valence-electron chi connectivity index (χ3n) is 4.84. The van der Waals surface area contributed by atoms with Crippen LogP contribution in [0.2, 0.25) is 0 Å². The molecule has 0 saturated carbocycles. The third-order valence-corrected chi connectivity index (χ3v) is 4.84. The van der Waals surface area contributed by atoms with Crippen LogP contribution in [0.15, 0.2) is 30.5 Å². The predicted octanol–water partition coefficient (Wildman–Crippen LogP) is 2.80. The minimum Gasteiger partial charge on any atom is -0.378 e. The van der Waals surface area contributed by atoms with Gasteiger partial charge in [0.25, 0.3) is 0 Å². The molecule has 4 heteroatoms. The van der Waals surface area contributed by atoms with Crippen molar-refractivity contribution in [3.63, 3.8) is 0 Å². The Hall–Kier alpha value is -1.65. The first kappa shape index (κ1) is 15.3. The molecule has 4 nitrogen and oxygen atoms in total. The van der Waals surface area contributed by atoms with Gasteiger partial charge < -0.3 is 4.74 Å². The molecule has 2 aromatic rings. The van der Waals surface area contributed by atoms with Gasteiger partial charge in [0.2, 0.25) is 0 Å². The summed E-state index contributed by atoms with van der Waals surface area (Å²) < 4.78 is 7.11. The maximum Gasteiger partial charge on any atom is 0.0902 e. The molecule has 1 aromatic heterocycles. The normalized spacial score (nSPS) is 17.5. The largest absolute Gasteiger partial charge is 0.378 e. The Morgan fingerprint density at radius 1 is 1.27 bits per heavy atom. The van der Waals surface area contributed by atoms with E-state index in [0.29, 0.717) is 6.61 Å². The van der Waals surface area contributed by atoms with E-state index in [1.54, 1.807) is 7.11 Å². The molecule has 0 radical (unpaired) electrons. The standard InChI is InChI=1S/C18H25N3O/c1-18(2)17-11-14(5-6-15(17)7-9-20(18)3)12-21-10-8-16(19-21)13-22-4/h5-6,8,10-11H,7,9,12-13H2,1-4H3. The minimum atomic E-state index is 0.0922. The van der Waals surface area contributed by atoms with Gasteiger partial charge >= 0.3 is 0 Å². The Kier molecular flexibility index (Phi) is 4.06. The molecule has 3 rings (SSSR count). The van der Waals surface area contributed by atoms with Crippen molar-refractivity contribution >= 4 is 0 Å². The van der Waals surface area contributed by atoms with Crippen LogP contribution in [0.3, 0.4) is 0 Å². The lowest BCUT2D eigenvalue weighted by atomic mass is 9.83. The molecule has 0 saturated heterocycles. The van der Waals surface area contributed by atoms with E-state index in [4.69, 9.17) is 4.74 Å². The molecule has 1 aromatic carbocycles. The molecule has 0 aliphatic carbocycles. The fraction of sp³-hybridized carbons (Fsp3) is 0.500. The molecule has 0 atom stereocenters. The third kappa shape index (κ3) is 2.81. The molecular weight excluding hydrogens is 274 g/mol. The summed E-state index contributed by atoms with van der Waals surface area (Å²) in [5, 5.41) is 4.54. The predicted molar refractivity (Wildman–Crippen MR) is 87.8 cm³/mol. The fourth-order valence-corrected chi connectivity index (χ4v) is 3.19. The quantitative estimate of drug-likeness (QED) is 0.869. The lowest BCUT2D eigenvalue weighted by molar-refractivity contribution is 0.143. The van der Waals surface area contributed by atoms with E-state index >= 15 is 0 Å². The second-order valence-electron chi connectivity index (χ2n) is 6.66. The number of fused-ring (bicyclic) bond motifs is 1. The van der Waals surface area contributed by atoms with Gasteiger partial charge in [-0.15, -0.1) is 0 Å². The van der Waals surface area contributed by atoms with Gasteiger partial charge in [0.05, 0.1) is 18.8 Å². The second-order valence-corrected chi connectivity index (χ2v) is 6.66. The van der Waals surface area contributed by atoms with E-state index in [-0.39, 0.29) is 5.54 Å². The van der Waals surface area contributed by atoms with E-state index in [1.165, 1.54) is 16.7 Å². The Labute approximate surface area is 132 Å². The summed E-state index contributed by atoms with van der Waals surface area (Å²) in [6.45, 7) is 7.10. The Morgan fingerprint density at radius 3 is 2.86 bits per heavy atom. The Bertz CT molecular complexity index is 660. The van der Waals surface area contributed by atoms with Crippen LogP contribution in [0.25, 0.3) is 0 Å². The van der Waals surface area contributed by atoms with Crippen LogP contribution in [0, 0.1) is 0 Å². The van der Waals surface area contributed by atoms with Crippen LogP contribution in [-0.2, 0) is 29.8 Å². The number of aromatic nitrogens is 2. The number of rotatable bonds is 4. The lowest BCUT2D eigenvalue weighted by Crippen LogP contribution is -2.44. The summed E-state index contributed by atoms with van der Waals surface area (Å²) in [6.07, 6.45) is 3.15. The summed E-state index contributed by atoms with van der Waals surface area (Å²) in [5.74, 6) is 0. The van der Waals surface area contributed by atoms with Gasteiger partial charge in [0, 0.05) is 25.4 Å². The summed E-state index contributed by atoms with van der Waals surface area (Å²) in [6, 6.07) is 8.89. The van der Waals surface area contributed by atoms with Crippen molar-refractivity contribution in [1.29, 1.82) is 0 Å². The highest BCUT2D eigenvalue weighted by Crippen LogP contribution is 2.34. The van der Waals surface area contributed by atoms with Crippen LogP contribution in [0.4, 0.5) is 0 Å². The SMILES string of the molecule is COCc1ccn(Cc2ccc3c(c2)C(C)(C)N(C)CC3)n1. The van der Waals surface area contributed by atoms with Gasteiger partial charge in [0.15, 0.2) is 0 Å². The Balaban J connectivity index is 1.85. The average Bonchev–Trinajstić information content (AvgIpc) is 2.92. The molecule has 22 heavy (non-hydrogen) atoms. The van der Waals surface area contributed by atoms with Crippen molar-refractivity contribution in [3.05, 3.63) is 52.8 Å². The minimum absolute atomic E-state index is 0.0922. The molecule has 0 amide bonds. The van der Waals surface area contributed by atoms with E-state index in [1.807, 2.05) is 16.9 Å². The van der Waals surface area contributed by atoms with Crippen LogP contribution >= 0.6 is 0 Å². The number of ether oxygens (including phenoxy) is 1. The zero-order valence-corrected chi connectivity index (χ0v) is 14.0. The number of benzene rings is 1. The molecule has 0 fully saturated rings. The zero-order chi connectivity index (χ0) is 15.7. The average molecular weight is 299 g/mol. The molecule has 118 valence electrons. The Morgan fingerprint density at radius 2 is 2.09 bits per heavy atom. The van der Waals surface area contributed by atoms with Crippen LogP contribution < -0.4 is 0 Å². The van der Waals surface area contributed by atoms with Crippen molar-refractivity contribution in [1.82, 2.24) is 14.7 Å². The number of hydrogen-bond acceptors (Lipinski definition) is 3. The molecule has 0 spiro atoms. The molecule has 0 bridgehead atoms. The molecule has 1 aliphatic heterocycles. The summed E-state index contributed by atoms with van der Waals surface area (Å²) >= 11 is 0. The first-order valence-electron chi connectivity index (χ1n) is 7.85. The van der Waals surface area contributed by atoms with Crippen LogP contribution in [-0.4, -0.2) is 35.4 Å². The number of likely N-dealkylation sites (N-methyl/N-ethyl adjacent to an activating group) is 1. The molecule has 0 N–H and O–H groups in total. The molecule has 2 heterocycles. The highest BCUT2D eigenvalue weighted by Gasteiger charge is 2.31. The highest BCUT2D eigenvalue weighted by molar-refractivity contribution is 5.39. The van der Waals surface area contributed by atoms with Gasteiger partial charge in [-0.25, -0.2) is 0 Å². The van der Waals surface area contributed by atoms with Gasteiger partial charge in [0.1, 0.15) is 0 Å². The lowest BCUT2D eigenvalue weighted by Gasteiger charge is -2.41. The van der Waals surface area contributed by atoms with Crippen molar-refractivity contribution in [2.75, 3.05) is 20.7 Å². The van der Waals surface area contributed by atoms with Gasteiger partial charge in [-0.05, 0) is 50.1 Å². The van der Waals surface area contributed by atoms with Crippen molar-refractivity contribution in [2.24, 2.45) is 0 Å². The number of nitrogens with zero attached hydrogens (tertiary/aromatic N) is 3. The fourth-order valence-electron chi connectivity index (χ4n) is 3.19. The second kappa shape index (κ2) is 5.86. The maximum absolute atomic E-state index is 5.12. The zero-order valence-electron chi connectivity index (χ0n) is 14.0. The van der Waals surface area contributed by atoms with Crippen molar-refractivity contribution in [2.45, 2.75) is 39.0 Å². The van der Waals surface area contributed by atoms with Gasteiger partial charge in [-0.3, -0.25) is 9.58 Å². The van der Waals surface area contributed by atoms with E-state index in [2.05, 4.69) is 49.1 Å². The topological polar surface area (TPSA) is 30.3 Å². The van der Waals surface area contributed by atoms with Crippen LogP contribution in [0.5, 0.6) is 0 Å². The van der Waals surface area contributed by atoms with Crippen molar-refractivity contribution in [3.8, 4) is 0 Å². The maximum atomic E-state index is 5.12. The monoisotopic (exact) mass is 299 g/mol. The molecular formula is C18H25N3O. The summed E-state index contributed by atoms with van der Waals surface area (Å²) in [4.78, 5) is 2.43. The highest BCUT2D eigenvalue weighted by atomic mass is 16.5. The van der Waals surface area contributed by atoms with Gasteiger partial charge in [-0.2, -0.15) is 5.10 Å². The van der Waals surface area contributed by atoms with Crippen LogP contribution in [0.1, 0.15) is 36.2 Å². The number of methoxy groups -OCH3 is 1. The van der Waals surface area contributed by atoms with E-state index < -0.39 is 0 Å². The first-order valence-corrected chi connectivity index (χ1v) is 7.85. The van der Waals surface area contributed by atoms with Crippen molar-refractivity contribution < 1.29 is 4.74 Å². The smallest absolute Gasteiger partial charge is 0.0902 e. The summed E-state index contributed by atoms with van der Waals surface area (Å²) in [5.41, 5.74) is 5.29. The summed E-state index contributed by atoms with van der Waals surface area (Å²) in [7, 11) is 3.90.